The van der Waals surface area contributed by atoms with Gasteiger partial charge in [-0.1, -0.05) is 0 Å². The molecule has 1 aliphatic heterocycles. The van der Waals surface area contributed by atoms with Gasteiger partial charge in [0.15, 0.2) is 6.29 Å². The number of hydrogen-bond donors (Lipinski definition) is 0. The van der Waals surface area contributed by atoms with Gasteiger partial charge in [0.1, 0.15) is 0 Å². The summed E-state index contributed by atoms with van der Waals surface area (Å²) in [6.07, 6.45) is 5.54. The van der Waals surface area contributed by atoms with E-state index in [1.807, 2.05) is 6.92 Å². The molecule has 0 amide bonds. The van der Waals surface area contributed by atoms with Crippen molar-refractivity contribution in [2.24, 2.45) is 10.8 Å². The van der Waals surface area contributed by atoms with E-state index < -0.39 is 0 Å². The second-order valence-electron chi connectivity index (χ2n) is 4.75. The quantitative estimate of drug-likeness (QED) is 0.550. The van der Waals surface area contributed by atoms with Gasteiger partial charge in [-0.3, -0.25) is 0 Å². The van der Waals surface area contributed by atoms with E-state index in [0.29, 0.717) is 10.8 Å². The summed E-state index contributed by atoms with van der Waals surface area (Å²) < 4.78 is 11.3. The Morgan fingerprint density at radius 3 is 1.67 bits per heavy atom. The van der Waals surface area contributed by atoms with Gasteiger partial charge < -0.3 is 9.47 Å². The highest BCUT2D eigenvalue weighted by molar-refractivity contribution is 5.15. The average molecular weight is 168 g/mol. The normalized spacial score (nSPS) is 57.2. The monoisotopic (exact) mass is 168 g/mol. The van der Waals surface area contributed by atoms with Crippen LogP contribution in [0.2, 0.25) is 0 Å². The van der Waals surface area contributed by atoms with Crippen molar-refractivity contribution in [2.75, 3.05) is 13.2 Å². The summed E-state index contributed by atoms with van der Waals surface area (Å²) in [7, 11) is 0. The summed E-state index contributed by atoms with van der Waals surface area (Å²) >= 11 is 0. The van der Waals surface area contributed by atoms with Gasteiger partial charge in [0.2, 0.25) is 0 Å². The van der Waals surface area contributed by atoms with Gasteiger partial charge in [-0.25, -0.2) is 0 Å². The second kappa shape index (κ2) is 2.05. The first-order chi connectivity index (χ1) is 5.77. The molecule has 0 aromatic rings. The van der Waals surface area contributed by atoms with Crippen LogP contribution in [0.3, 0.4) is 0 Å². The topological polar surface area (TPSA) is 18.5 Å². The summed E-state index contributed by atoms with van der Waals surface area (Å²) in [6, 6.07) is 0. The average Bonchev–Trinajstić information content (AvgIpc) is 2.15. The van der Waals surface area contributed by atoms with E-state index in [9.17, 15) is 0 Å². The predicted octanol–water partition coefficient (Wildman–Crippen LogP) is 1.94. The fourth-order valence-corrected chi connectivity index (χ4v) is 3.11. The fourth-order valence-electron chi connectivity index (χ4n) is 3.11. The predicted molar refractivity (Wildman–Crippen MR) is 44.7 cm³/mol. The molecule has 0 atom stereocenters. The molecule has 1 saturated heterocycles. The van der Waals surface area contributed by atoms with E-state index in [-0.39, 0.29) is 6.29 Å². The van der Waals surface area contributed by atoms with Crippen molar-refractivity contribution in [1.82, 2.24) is 0 Å². The zero-order valence-corrected chi connectivity index (χ0v) is 7.64. The van der Waals surface area contributed by atoms with Crippen molar-refractivity contribution in [3.05, 3.63) is 0 Å². The lowest BCUT2D eigenvalue weighted by atomic mass is 9.38. The lowest BCUT2D eigenvalue weighted by Crippen LogP contribution is -2.62. The van der Waals surface area contributed by atoms with Gasteiger partial charge in [0.05, 0.1) is 13.2 Å². The molecule has 3 fully saturated rings. The molecular weight excluding hydrogens is 152 g/mol. The van der Waals surface area contributed by atoms with Gasteiger partial charge in [-0.2, -0.15) is 0 Å². The molecule has 12 heavy (non-hydrogen) atoms. The van der Waals surface area contributed by atoms with Gasteiger partial charge in [-0.15, -0.1) is 0 Å². The highest BCUT2D eigenvalue weighted by Gasteiger charge is 2.66. The minimum absolute atomic E-state index is 0.0300. The Morgan fingerprint density at radius 1 is 0.917 bits per heavy atom. The van der Waals surface area contributed by atoms with E-state index in [4.69, 9.17) is 9.47 Å². The van der Waals surface area contributed by atoms with E-state index >= 15 is 0 Å². The summed E-state index contributed by atoms with van der Waals surface area (Å²) in [5.41, 5.74) is 1.11. The highest BCUT2D eigenvalue weighted by Crippen LogP contribution is 2.71. The first-order valence-electron chi connectivity index (χ1n) is 5.00. The minimum atomic E-state index is 0.0300. The zero-order chi connectivity index (χ0) is 8.23. The summed E-state index contributed by atoms with van der Waals surface area (Å²) in [4.78, 5) is 0. The van der Waals surface area contributed by atoms with Crippen molar-refractivity contribution >= 4 is 0 Å². The van der Waals surface area contributed by atoms with E-state index in [1.54, 1.807) is 0 Å². The van der Waals surface area contributed by atoms with Crippen LogP contribution in [-0.4, -0.2) is 19.5 Å². The first-order valence-corrected chi connectivity index (χ1v) is 5.00. The van der Waals surface area contributed by atoms with Crippen LogP contribution in [0.15, 0.2) is 0 Å². The Bertz CT molecular complexity index is 182. The number of ether oxygens (including phenoxy) is 2. The van der Waals surface area contributed by atoms with E-state index in [1.165, 1.54) is 25.7 Å². The summed E-state index contributed by atoms with van der Waals surface area (Å²) in [5, 5.41) is 0. The van der Waals surface area contributed by atoms with Crippen LogP contribution in [0.5, 0.6) is 0 Å². The Morgan fingerprint density at radius 2 is 1.33 bits per heavy atom. The molecule has 0 bridgehead atoms. The van der Waals surface area contributed by atoms with Crippen molar-refractivity contribution in [2.45, 2.75) is 38.9 Å². The van der Waals surface area contributed by atoms with E-state index in [2.05, 4.69) is 0 Å². The SMILES string of the molecule is CC1OCC23CCC2(CC3)CO1. The smallest absolute Gasteiger partial charge is 0.154 e. The standard InChI is InChI=1S/C10H16O2/c1-8-11-6-9-2-3-10(9,5-4-9)7-12-8/h8H,2-7H2,1H3. The lowest BCUT2D eigenvalue weighted by Gasteiger charge is -2.67. The van der Waals surface area contributed by atoms with Crippen molar-refractivity contribution in [3.8, 4) is 0 Å². The van der Waals surface area contributed by atoms with Gasteiger partial charge >= 0.3 is 0 Å². The molecule has 0 aromatic carbocycles. The van der Waals surface area contributed by atoms with Crippen molar-refractivity contribution in [3.63, 3.8) is 0 Å². The maximum Gasteiger partial charge on any atom is 0.154 e. The molecule has 2 aliphatic carbocycles. The Labute approximate surface area is 73.2 Å². The zero-order valence-electron chi connectivity index (χ0n) is 7.64. The van der Waals surface area contributed by atoms with Crippen LogP contribution in [0, 0.1) is 10.8 Å². The van der Waals surface area contributed by atoms with Gasteiger partial charge in [-0.05, 0) is 32.6 Å². The van der Waals surface area contributed by atoms with Crippen LogP contribution >= 0.6 is 0 Å². The molecule has 0 unspecified atom stereocenters. The third-order valence-corrected chi connectivity index (χ3v) is 4.48. The third kappa shape index (κ3) is 0.647. The molecular formula is C10H16O2. The molecule has 1 heterocycles. The highest BCUT2D eigenvalue weighted by atomic mass is 16.7. The van der Waals surface area contributed by atoms with Crippen LogP contribution in [0.4, 0.5) is 0 Å². The molecule has 2 nitrogen and oxygen atoms in total. The van der Waals surface area contributed by atoms with Crippen LogP contribution in [-0.2, 0) is 9.47 Å². The van der Waals surface area contributed by atoms with Crippen molar-refractivity contribution < 1.29 is 9.47 Å². The molecule has 2 heteroatoms. The second-order valence-corrected chi connectivity index (χ2v) is 4.75. The molecule has 0 spiro atoms. The largest absolute Gasteiger partial charge is 0.352 e. The molecule has 2 saturated carbocycles. The third-order valence-electron chi connectivity index (χ3n) is 4.48. The van der Waals surface area contributed by atoms with Crippen LogP contribution in [0.1, 0.15) is 32.6 Å². The molecule has 0 radical (unpaired) electrons. The lowest BCUT2D eigenvalue weighted by molar-refractivity contribution is -0.199. The Hall–Kier alpha value is -0.0800. The summed E-state index contributed by atoms with van der Waals surface area (Å²) in [6.45, 7) is 3.92. The fraction of sp³-hybridized carbons (Fsp3) is 1.00. The minimum Gasteiger partial charge on any atom is -0.352 e. The maximum atomic E-state index is 5.63. The number of hydrogen-bond acceptors (Lipinski definition) is 2. The Balaban J connectivity index is 1.85. The van der Waals surface area contributed by atoms with Gasteiger partial charge in [0.25, 0.3) is 0 Å². The molecule has 0 aromatic heterocycles. The summed E-state index contributed by atoms with van der Waals surface area (Å²) in [5.74, 6) is 0. The molecule has 0 N–H and O–H groups in total. The number of rotatable bonds is 0. The molecule has 68 valence electrons. The molecule has 3 rings (SSSR count). The maximum absolute atomic E-state index is 5.63. The van der Waals surface area contributed by atoms with Crippen LogP contribution in [0.25, 0.3) is 0 Å². The van der Waals surface area contributed by atoms with E-state index in [0.717, 1.165) is 13.2 Å². The molecule has 3 aliphatic rings. The van der Waals surface area contributed by atoms with Gasteiger partial charge in [0, 0.05) is 10.8 Å². The first kappa shape index (κ1) is 7.34. The Kier molecular flexibility index (Phi) is 1.25. The van der Waals surface area contributed by atoms with Crippen molar-refractivity contribution in [1.29, 1.82) is 0 Å². The van der Waals surface area contributed by atoms with Crippen LogP contribution < -0.4 is 0 Å².